The maximum Gasteiger partial charge on any atom is 2.00 e. The van der Waals surface area contributed by atoms with Crippen LogP contribution in [-0.2, 0) is 0 Å². The topological polar surface area (TPSA) is 0 Å². The van der Waals surface area contributed by atoms with Gasteiger partial charge >= 0.3 is 37.7 Å². The summed E-state index contributed by atoms with van der Waals surface area (Å²) in [6, 6.07) is 18.7. The molecule has 0 aliphatic rings. The average molecular weight is 242 g/mol. The van der Waals surface area contributed by atoms with Gasteiger partial charge in [0.15, 0.2) is 0 Å². The molecule has 2 aromatic rings. The van der Waals surface area contributed by atoms with Crippen molar-refractivity contribution in [1.29, 1.82) is 0 Å². The summed E-state index contributed by atoms with van der Waals surface area (Å²) in [6.45, 7) is 0. The molecule has 0 atom stereocenters. The maximum absolute atomic E-state index is 6.69. The minimum atomic E-state index is 0. The van der Waals surface area contributed by atoms with Crippen molar-refractivity contribution in [3.63, 3.8) is 0 Å². The van der Waals surface area contributed by atoms with Gasteiger partial charge in [-0.1, -0.05) is 36.4 Å². The quantitative estimate of drug-likeness (QED) is 0.378. The van der Waals surface area contributed by atoms with E-state index >= 15 is 0 Å². The first-order chi connectivity index (χ1) is 7.86. The third-order valence-corrected chi connectivity index (χ3v) is 1.84. The Morgan fingerprint density at radius 1 is 0.588 bits per heavy atom. The smallest absolute Gasteiger partial charge is 0.366 e. The summed E-state index contributed by atoms with van der Waals surface area (Å²) in [5, 5.41) is 0. The molecule has 0 saturated carbocycles. The summed E-state index contributed by atoms with van der Waals surface area (Å²) in [4.78, 5) is 0. The molecule has 0 aromatic heterocycles. The standard InChI is InChI=1S/2C8H5.Ca/c2*1-2-8-6-4-3-5-7-8;/h2*3-7H;/q2*-1;+2. The first-order valence-electron chi connectivity index (χ1n) is 4.82. The third kappa shape index (κ3) is 6.88. The van der Waals surface area contributed by atoms with Crippen LogP contribution in [0.4, 0.5) is 0 Å². The molecule has 17 heavy (non-hydrogen) atoms. The van der Waals surface area contributed by atoms with Crippen molar-refractivity contribution in [3.05, 3.63) is 84.6 Å². The molecule has 0 radical (unpaired) electrons. The van der Waals surface area contributed by atoms with Gasteiger partial charge in [-0.05, 0) is 0 Å². The Labute approximate surface area is 133 Å². The van der Waals surface area contributed by atoms with Crippen LogP contribution in [-0.4, -0.2) is 37.7 Å². The Morgan fingerprint density at radius 2 is 0.882 bits per heavy atom. The first kappa shape index (κ1) is 15.8. The molecule has 0 fully saturated rings. The minimum Gasteiger partial charge on any atom is -0.366 e. The summed E-state index contributed by atoms with van der Waals surface area (Å²) in [5.74, 6) is 4.55. The van der Waals surface area contributed by atoms with Crippen LogP contribution in [0.2, 0.25) is 0 Å². The van der Waals surface area contributed by atoms with Crippen molar-refractivity contribution >= 4 is 37.7 Å². The molecule has 0 amide bonds. The van der Waals surface area contributed by atoms with Crippen molar-refractivity contribution in [3.8, 4) is 11.8 Å². The number of rotatable bonds is 0. The summed E-state index contributed by atoms with van der Waals surface area (Å²) in [6.07, 6.45) is 13.4. The van der Waals surface area contributed by atoms with Gasteiger partial charge in [-0.25, -0.2) is 0 Å². The fraction of sp³-hybridized carbons (Fsp3) is 0. The van der Waals surface area contributed by atoms with Gasteiger partial charge in [-0.2, -0.15) is 0 Å². The normalized spacial score (nSPS) is 7.41. The van der Waals surface area contributed by atoms with E-state index in [-0.39, 0.29) is 37.7 Å². The third-order valence-electron chi connectivity index (χ3n) is 1.84. The van der Waals surface area contributed by atoms with E-state index < -0.39 is 0 Å². The van der Waals surface area contributed by atoms with Crippen molar-refractivity contribution in [2.45, 2.75) is 0 Å². The number of hydrogen-bond acceptors (Lipinski definition) is 0. The molecule has 0 aliphatic heterocycles. The second-order valence-corrected chi connectivity index (χ2v) is 2.98. The van der Waals surface area contributed by atoms with Crippen molar-refractivity contribution < 1.29 is 0 Å². The van der Waals surface area contributed by atoms with Gasteiger partial charge in [0.25, 0.3) is 0 Å². The molecule has 76 valence electrons. The van der Waals surface area contributed by atoms with E-state index in [0.717, 1.165) is 11.1 Å². The SMILES string of the molecule is [C-]#Cc1ccccc1.[C-]#Cc1ccccc1.[Ca+2]. The van der Waals surface area contributed by atoms with E-state index in [9.17, 15) is 0 Å². The molecule has 0 bridgehead atoms. The molecule has 0 unspecified atom stereocenters. The fourth-order valence-electron chi connectivity index (χ4n) is 1.04. The van der Waals surface area contributed by atoms with Crippen molar-refractivity contribution in [1.82, 2.24) is 0 Å². The summed E-state index contributed by atoms with van der Waals surface area (Å²) in [5.41, 5.74) is 1.65. The zero-order valence-corrected chi connectivity index (χ0v) is 11.7. The largest absolute Gasteiger partial charge is 2.00 e. The second-order valence-electron chi connectivity index (χ2n) is 2.98. The molecule has 0 spiro atoms. The van der Waals surface area contributed by atoms with Crippen LogP contribution in [0.25, 0.3) is 0 Å². The minimum absolute atomic E-state index is 0. The fourth-order valence-corrected chi connectivity index (χ4v) is 1.04. The van der Waals surface area contributed by atoms with Gasteiger partial charge in [0.1, 0.15) is 0 Å². The van der Waals surface area contributed by atoms with E-state index in [0.29, 0.717) is 0 Å². The Morgan fingerprint density at radius 3 is 1.06 bits per heavy atom. The van der Waals surface area contributed by atoms with Gasteiger partial charge in [0, 0.05) is 0 Å². The summed E-state index contributed by atoms with van der Waals surface area (Å²) < 4.78 is 0. The van der Waals surface area contributed by atoms with Crippen molar-refractivity contribution in [2.24, 2.45) is 0 Å². The Bertz CT molecular complexity index is 437. The molecule has 2 aromatic carbocycles. The van der Waals surface area contributed by atoms with Crippen LogP contribution < -0.4 is 0 Å². The van der Waals surface area contributed by atoms with Crippen LogP contribution in [0.3, 0.4) is 0 Å². The molecule has 0 aliphatic carbocycles. The molecule has 1 heteroatoms. The van der Waals surface area contributed by atoms with E-state index in [1.54, 1.807) is 0 Å². The monoisotopic (exact) mass is 242 g/mol. The van der Waals surface area contributed by atoms with Gasteiger partial charge in [-0.15, -0.1) is 35.4 Å². The summed E-state index contributed by atoms with van der Waals surface area (Å²) in [7, 11) is 0. The maximum atomic E-state index is 6.69. The van der Waals surface area contributed by atoms with Crippen molar-refractivity contribution in [2.75, 3.05) is 0 Å². The predicted octanol–water partition coefficient (Wildman–Crippen LogP) is 2.87. The zero-order valence-electron chi connectivity index (χ0n) is 9.48. The first-order valence-corrected chi connectivity index (χ1v) is 4.82. The van der Waals surface area contributed by atoms with Gasteiger partial charge < -0.3 is 12.8 Å². The molecule has 0 saturated heterocycles. The van der Waals surface area contributed by atoms with E-state index in [1.807, 2.05) is 60.7 Å². The predicted molar refractivity (Wildman–Crippen MR) is 71.1 cm³/mol. The van der Waals surface area contributed by atoms with Gasteiger partial charge in [-0.3, -0.25) is 11.8 Å². The van der Waals surface area contributed by atoms with E-state index in [4.69, 9.17) is 12.8 Å². The van der Waals surface area contributed by atoms with Gasteiger partial charge in [0.2, 0.25) is 0 Å². The molecule has 0 heterocycles. The van der Waals surface area contributed by atoms with Crippen LogP contribution in [0.5, 0.6) is 0 Å². The van der Waals surface area contributed by atoms with Crippen LogP contribution in [0, 0.1) is 24.7 Å². The second kappa shape index (κ2) is 10.0. The molecule has 0 N–H and O–H groups in total. The van der Waals surface area contributed by atoms with E-state index in [1.165, 1.54) is 0 Å². The van der Waals surface area contributed by atoms with Crippen LogP contribution in [0.15, 0.2) is 60.7 Å². The van der Waals surface area contributed by atoms with Crippen LogP contribution in [0.1, 0.15) is 11.1 Å². The Hall–Kier alpha value is -1.18. The average Bonchev–Trinajstić information content (AvgIpc) is 2.41. The van der Waals surface area contributed by atoms with E-state index in [2.05, 4.69) is 11.8 Å². The number of benzene rings is 2. The molecule has 0 nitrogen and oxygen atoms in total. The van der Waals surface area contributed by atoms with Gasteiger partial charge in [0.05, 0.1) is 0 Å². The molecule has 2 rings (SSSR count). The number of hydrogen-bond donors (Lipinski definition) is 0. The molecular formula is C16H10Ca. The Kier molecular flexibility index (Phi) is 9.31. The van der Waals surface area contributed by atoms with Crippen LogP contribution >= 0.6 is 0 Å². The summed E-state index contributed by atoms with van der Waals surface area (Å²) >= 11 is 0. The zero-order chi connectivity index (χ0) is 11.6. The Balaban J connectivity index is 0.000000284. The molecular weight excluding hydrogens is 232 g/mol.